The Labute approximate surface area is 193 Å². The second kappa shape index (κ2) is 8.54. The largest absolute Gasteiger partial charge is 0.315 e. The Bertz CT molecular complexity index is 1230. The Kier molecular flexibility index (Phi) is 5.97. The smallest absolute Gasteiger partial charge is 0.293 e. The molecule has 3 aromatic rings. The van der Waals surface area contributed by atoms with Crippen LogP contribution in [-0.4, -0.2) is 20.6 Å². The topological polar surface area (TPSA) is 42.3 Å². The number of carbonyl (C=O) groups is 2. The maximum Gasteiger partial charge on any atom is 0.293 e. The van der Waals surface area contributed by atoms with Crippen LogP contribution in [-0.2, 0) is 11.3 Å². The van der Waals surface area contributed by atoms with Crippen LogP contribution in [0.3, 0.4) is 0 Å². The van der Waals surface area contributed by atoms with Crippen molar-refractivity contribution in [2.24, 2.45) is 0 Å². The molecule has 31 heavy (non-hydrogen) atoms. The van der Waals surface area contributed by atoms with Gasteiger partial charge in [-0.3, -0.25) is 14.5 Å². The summed E-state index contributed by atoms with van der Waals surface area (Å²) in [6.07, 6.45) is 1.67. The first-order valence-corrected chi connectivity index (χ1v) is 11.0. The van der Waals surface area contributed by atoms with Crippen molar-refractivity contribution in [2.75, 3.05) is 0 Å². The fourth-order valence-corrected chi connectivity index (χ4v) is 4.90. The molecule has 0 N–H and O–H groups in total. The zero-order valence-corrected chi connectivity index (χ0v) is 19.0. The Morgan fingerprint density at radius 2 is 1.71 bits per heavy atom. The van der Waals surface area contributed by atoms with Gasteiger partial charge in [-0.2, -0.15) is 0 Å². The van der Waals surface area contributed by atoms with Crippen molar-refractivity contribution in [3.63, 3.8) is 0 Å². The highest BCUT2D eigenvalue weighted by atomic mass is 35.5. The third-order valence-corrected chi connectivity index (χ3v) is 6.72. The summed E-state index contributed by atoms with van der Waals surface area (Å²) in [6.45, 7) is 3.70. The van der Waals surface area contributed by atoms with E-state index in [0.717, 1.165) is 33.6 Å². The van der Waals surface area contributed by atoms with E-state index in [1.165, 1.54) is 6.07 Å². The Morgan fingerprint density at radius 1 is 1.03 bits per heavy atom. The van der Waals surface area contributed by atoms with E-state index in [-0.39, 0.29) is 12.4 Å². The lowest BCUT2D eigenvalue weighted by Gasteiger charge is -2.14. The Balaban J connectivity index is 1.66. The van der Waals surface area contributed by atoms with Crippen LogP contribution < -0.4 is 0 Å². The van der Waals surface area contributed by atoms with E-state index >= 15 is 0 Å². The van der Waals surface area contributed by atoms with E-state index < -0.39 is 11.1 Å². The van der Waals surface area contributed by atoms with Gasteiger partial charge in [0, 0.05) is 27.0 Å². The SMILES string of the molecule is Cc1cc(/C=C2\SC(=O)N(Cc3c(Cl)cccc3Cl)C2=O)c(C)n1-c1ccccc1F. The summed E-state index contributed by atoms with van der Waals surface area (Å²) in [4.78, 5) is 26.9. The number of thioether (sulfide) groups is 1. The van der Waals surface area contributed by atoms with Crippen LogP contribution in [0.5, 0.6) is 0 Å². The van der Waals surface area contributed by atoms with Gasteiger partial charge < -0.3 is 4.57 Å². The van der Waals surface area contributed by atoms with Crippen LogP contribution in [0.2, 0.25) is 10.0 Å². The minimum absolute atomic E-state index is 0.00520. The van der Waals surface area contributed by atoms with E-state index in [1.807, 2.05) is 19.9 Å². The number of imide groups is 1. The van der Waals surface area contributed by atoms with Crippen molar-refractivity contribution in [1.29, 1.82) is 0 Å². The van der Waals surface area contributed by atoms with Gasteiger partial charge in [-0.25, -0.2) is 4.39 Å². The molecule has 1 fully saturated rings. The molecule has 4 rings (SSSR count). The van der Waals surface area contributed by atoms with E-state index in [0.29, 0.717) is 26.2 Å². The summed E-state index contributed by atoms with van der Waals surface area (Å²) in [7, 11) is 0. The molecule has 8 heteroatoms. The van der Waals surface area contributed by atoms with Crippen LogP contribution in [0.15, 0.2) is 53.4 Å². The number of rotatable bonds is 4. The highest BCUT2D eigenvalue weighted by Gasteiger charge is 2.36. The molecule has 0 saturated carbocycles. The highest BCUT2D eigenvalue weighted by Crippen LogP contribution is 2.36. The molecular formula is C23H17Cl2FN2O2S. The molecule has 1 aliphatic heterocycles. The number of nitrogens with zero attached hydrogens (tertiary/aromatic N) is 2. The summed E-state index contributed by atoms with van der Waals surface area (Å²) >= 11 is 13.2. The normalized spacial score (nSPS) is 15.4. The Hall–Kier alpha value is -2.54. The van der Waals surface area contributed by atoms with Gasteiger partial charge in [0.15, 0.2) is 0 Å². The second-order valence-corrected chi connectivity index (χ2v) is 8.89. The molecule has 0 bridgehead atoms. The van der Waals surface area contributed by atoms with Crippen LogP contribution in [0.1, 0.15) is 22.5 Å². The number of hydrogen-bond donors (Lipinski definition) is 0. The number of hydrogen-bond acceptors (Lipinski definition) is 3. The zero-order valence-electron chi connectivity index (χ0n) is 16.7. The maximum absolute atomic E-state index is 14.3. The summed E-state index contributed by atoms with van der Waals surface area (Å²) in [6, 6.07) is 13.4. The third-order valence-electron chi connectivity index (χ3n) is 5.10. The van der Waals surface area contributed by atoms with Gasteiger partial charge >= 0.3 is 0 Å². The lowest BCUT2D eigenvalue weighted by Crippen LogP contribution is -2.27. The number of amides is 2. The molecule has 4 nitrogen and oxygen atoms in total. The maximum atomic E-state index is 14.3. The quantitative estimate of drug-likeness (QED) is 0.391. The second-order valence-electron chi connectivity index (χ2n) is 7.08. The van der Waals surface area contributed by atoms with Crippen molar-refractivity contribution in [3.05, 3.63) is 91.8 Å². The summed E-state index contributed by atoms with van der Waals surface area (Å²) in [5.41, 5.74) is 3.27. The van der Waals surface area contributed by atoms with Crippen molar-refractivity contribution in [1.82, 2.24) is 9.47 Å². The molecule has 0 spiro atoms. The summed E-state index contributed by atoms with van der Waals surface area (Å²) < 4.78 is 16.1. The van der Waals surface area contributed by atoms with Crippen molar-refractivity contribution >= 4 is 52.2 Å². The average molecular weight is 475 g/mol. The van der Waals surface area contributed by atoms with Crippen LogP contribution in [0.4, 0.5) is 9.18 Å². The number of benzene rings is 2. The van der Waals surface area contributed by atoms with Gasteiger partial charge in [0.2, 0.25) is 0 Å². The number of carbonyl (C=O) groups excluding carboxylic acids is 2. The molecule has 1 aromatic heterocycles. The van der Waals surface area contributed by atoms with Gasteiger partial charge in [0.1, 0.15) is 5.82 Å². The van der Waals surface area contributed by atoms with Gasteiger partial charge in [-0.1, -0.05) is 41.4 Å². The lowest BCUT2D eigenvalue weighted by molar-refractivity contribution is -0.123. The molecule has 158 valence electrons. The molecule has 2 aromatic carbocycles. The monoisotopic (exact) mass is 474 g/mol. The third kappa shape index (κ3) is 4.03. The van der Waals surface area contributed by atoms with Crippen LogP contribution in [0.25, 0.3) is 11.8 Å². The predicted molar refractivity (Wildman–Crippen MR) is 123 cm³/mol. The van der Waals surface area contributed by atoms with E-state index in [4.69, 9.17) is 23.2 Å². The van der Waals surface area contributed by atoms with Crippen molar-refractivity contribution < 1.29 is 14.0 Å². The standard InChI is InChI=1S/C23H17Cl2FN2O2S/c1-13-10-15(14(2)28(13)20-9-4-3-8-19(20)26)11-21-22(29)27(23(30)31-21)12-16-17(24)6-5-7-18(16)25/h3-11H,12H2,1-2H3/b21-11-. The number of para-hydroxylation sites is 1. The number of halogens is 3. The first kappa shape index (κ1) is 21.7. The first-order chi connectivity index (χ1) is 14.8. The van der Waals surface area contributed by atoms with Gasteiger partial charge in [-0.15, -0.1) is 0 Å². The minimum Gasteiger partial charge on any atom is -0.315 e. The van der Waals surface area contributed by atoms with E-state index in [1.54, 1.807) is 47.0 Å². The highest BCUT2D eigenvalue weighted by molar-refractivity contribution is 8.18. The van der Waals surface area contributed by atoms with E-state index in [2.05, 4.69) is 0 Å². The van der Waals surface area contributed by atoms with Crippen molar-refractivity contribution in [2.45, 2.75) is 20.4 Å². The Morgan fingerprint density at radius 3 is 2.39 bits per heavy atom. The molecule has 1 aliphatic rings. The lowest BCUT2D eigenvalue weighted by atomic mass is 10.2. The van der Waals surface area contributed by atoms with E-state index in [9.17, 15) is 14.0 Å². The summed E-state index contributed by atoms with van der Waals surface area (Å²) in [5, 5.41) is 0.392. The van der Waals surface area contributed by atoms with Crippen LogP contribution in [0, 0.1) is 19.7 Å². The van der Waals surface area contributed by atoms with Gasteiger partial charge in [-0.05, 0) is 67.6 Å². The molecule has 0 atom stereocenters. The fraction of sp³-hybridized carbons (Fsp3) is 0.130. The van der Waals surface area contributed by atoms with Gasteiger partial charge in [0.25, 0.3) is 11.1 Å². The number of aromatic nitrogens is 1. The van der Waals surface area contributed by atoms with Gasteiger partial charge in [0.05, 0.1) is 17.1 Å². The summed E-state index contributed by atoms with van der Waals surface area (Å²) in [5.74, 6) is -0.755. The molecule has 0 aliphatic carbocycles. The molecule has 2 heterocycles. The number of aryl methyl sites for hydroxylation is 1. The molecule has 1 saturated heterocycles. The minimum atomic E-state index is -0.415. The van der Waals surface area contributed by atoms with Crippen LogP contribution >= 0.6 is 35.0 Å². The zero-order chi connectivity index (χ0) is 22.3. The van der Waals surface area contributed by atoms with Crippen molar-refractivity contribution in [3.8, 4) is 5.69 Å². The molecule has 0 radical (unpaired) electrons. The molecule has 0 unspecified atom stereocenters. The predicted octanol–water partition coefficient (Wildman–Crippen LogP) is 6.78. The molecular weight excluding hydrogens is 458 g/mol. The first-order valence-electron chi connectivity index (χ1n) is 9.40. The average Bonchev–Trinajstić information content (AvgIpc) is 3.14. The molecule has 2 amide bonds. The fourth-order valence-electron chi connectivity index (χ4n) is 3.56.